The van der Waals surface area contributed by atoms with E-state index in [2.05, 4.69) is 0 Å². The molecule has 2 aliphatic heterocycles. The number of halogens is 6. The highest BCUT2D eigenvalue weighted by Gasteiger charge is 2.44. The molecule has 4 aliphatic rings. The van der Waals surface area contributed by atoms with Gasteiger partial charge in [0.05, 0.1) is 41.5 Å². The lowest BCUT2D eigenvalue weighted by atomic mass is 9.93. The van der Waals surface area contributed by atoms with Gasteiger partial charge in [-0.25, -0.2) is 12.6 Å². The van der Waals surface area contributed by atoms with Crippen LogP contribution in [0.2, 0.25) is 0 Å². The molecule has 0 spiro atoms. The van der Waals surface area contributed by atoms with Crippen molar-refractivity contribution in [3.8, 4) is 0 Å². The predicted molar refractivity (Wildman–Crippen MR) is 199 cm³/mol. The summed E-state index contributed by atoms with van der Waals surface area (Å²) in [5, 5.41) is 2.25. The molecule has 55 heavy (non-hydrogen) atoms. The number of rotatable bonds is 2. The lowest BCUT2D eigenvalue weighted by Gasteiger charge is -2.14. The Hall–Kier alpha value is -5.52. The molecule has 0 N–H and O–H groups in total. The molecule has 0 saturated carbocycles. The molecule has 1 unspecified atom stereocenters. The van der Waals surface area contributed by atoms with Crippen molar-refractivity contribution in [3.63, 3.8) is 0 Å². The first-order valence-electron chi connectivity index (χ1n) is 17.1. The topological polar surface area (TPSA) is 51.2 Å². The molecule has 0 aromatic heterocycles. The second kappa shape index (κ2) is 11.0. The summed E-state index contributed by atoms with van der Waals surface area (Å²) < 4.78 is 128. The van der Waals surface area contributed by atoms with Crippen LogP contribution in [-0.2, 0) is 33.0 Å². The van der Waals surface area contributed by atoms with Crippen LogP contribution in [0.1, 0.15) is 55.6 Å². The largest absolute Gasteiger partial charge is 0.416 e. The van der Waals surface area contributed by atoms with Gasteiger partial charge in [0.25, 0.3) is 0 Å². The van der Waals surface area contributed by atoms with Gasteiger partial charge in [0.2, 0.25) is 9.84 Å². The highest BCUT2D eigenvalue weighted by Crippen LogP contribution is 2.52. The number of fused-ring (bicyclic) bond motifs is 9. The van der Waals surface area contributed by atoms with E-state index in [1.807, 2.05) is 18.2 Å². The van der Waals surface area contributed by atoms with Gasteiger partial charge in [0.1, 0.15) is 0 Å². The van der Waals surface area contributed by atoms with Crippen molar-refractivity contribution in [3.05, 3.63) is 185 Å². The van der Waals surface area contributed by atoms with E-state index in [0.717, 1.165) is 24.3 Å². The van der Waals surface area contributed by atoms with Crippen LogP contribution in [0.4, 0.5) is 26.3 Å². The Kier molecular flexibility index (Phi) is 6.83. The Morgan fingerprint density at radius 2 is 1.04 bits per heavy atom. The Labute approximate surface area is 312 Å². The van der Waals surface area contributed by atoms with Gasteiger partial charge in [-0.15, -0.1) is 0 Å². The smallest absolute Gasteiger partial charge is 0.249 e. The average molecular weight is 779 g/mol. The minimum absolute atomic E-state index is 0.0539. The van der Waals surface area contributed by atoms with Crippen molar-refractivity contribution in [2.45, 2.75) is 36.0 Å². The highest BCUT2D eigenvalue weighted by atomic mass is 32.2. The van der Waals surface area contributed by atoms with Crippen LogP contribution in [0.3, 0.4) is 0 Å². The van der Waals surface area contributed by atoms with Gasteiger partial charge in [-0.05, 0) is 129 Å². The van der Waals surface area contributed by atoms with Crippen molar-refractivity contribution < 1.29 is 39.0 Å². The average Bonchev–Trinajstić information content (AvgIpc) is 3.80. The summed E-state index contributed by atoms with van der Waals surface area (Å²) in [6.07, 6.45) is -9.31. The van der Waals surface area contributed by atoms with E-state index in [-0.39, 0.29) is 26.5 Å². The SMILES string of the molecule is Cc1cc(C2=c3cc4cc5c(cc4cc3C3=C2S(=O)c2ccccc23)=C(c2cc(C)cc(C(F)(F)F)c2)C2=C5c3ccccc3S2(=O)=O)cc(C(F)(F)F)c1. The Morgan fingerprint density at radius 3 is 1.64 bits per heavy atom. The molecule has 1 atom stereocenters. The van der Waals surface area contributed by atoms with Gasteiger partial charge in [0.15, 0.2) is 0 Å². The zero-order valence-corrected chi connectivity index (χ0v) is 30.3. The molecular formula is C44H24F6O3S2. The fourth-order valence-corrected chi connectivity index (χ4v) is 12.2. The molecule has 2 heterocycles. The summed E-state index contributed by atoms with van der Waals surface area (Å²) in [6.45, 7) is 3.11. The van der Waals surface area contributed by atoms with Gasteiger partial charge >= 0.3 is 12.4 Å². The summed E-state index contributed by atoms with van der Waals surface area (Å²) >= 11 is 0. The Morgan fingerprint density at radius 1 is 0.527 bits per heavy atom. The van der Waals surface area contributed by atoms with Crippen LogP contribution in [0.5, 0.6) is 0 Å². The molecule has 6 aromatic carbocycles. The van der Waals surface area contributed by atoms with Crippen molar-refractivity contribution in [1.82, 2.24) is 0 Å². The van der Waals surface area contributed by atoms with E-state index in [1.54, 1.807) is 67.6 Å². The molecule has 0 bridgehead atoms. The molecule has 3 nitrogen and oxygen atoms in total. The third kappa shape index (κ3) is 4.75. The summed E-state index contributed by atoms with van der Waals surface area (Å²) in [7, 11) is -5.89. The third-order valence-electron chi connectivity index (χ3n) is 10.7. The van der Waals surface area contributed by atoms with Gasteiger partial charge in [-0.2, -0.15) is 26.3 Å². The third-order valence-corrected chi connectivity index (χ3v) is 14.2. The molecule has 0 fully saturated rings. The Bertz CT molecular complexity index is 3170. The lowest BCUT2D eigenvalue weighted by Crippen LogP contribution is -2.15. The van der Waals surface area contributed by atoms with E-state index in [4.69, 9.17) is 0 Å². The number of hydrogen-bond acceptors (Lipinski definition) is 3. The minimum Gasteiger partial charge on any atom is -0.249 e. The molecule has 6 aromatic rings. The maximum Gasteiger partial charge on any atom is 0.416 e. The van der Waals surface area contributed by atoms with Crippen LogP contribution in [0, 0.1) is 13.8 Å². The normalized spacial score (nSPS) is 17.8. The van der Waals surface area contributed by atoms with Crippen LogP contribution in [-0.4, -0.2) is 12.6 Å². The van der Waals surface area contributed by atoms with Crippen molar-refractivity contribution in [2.24, 2.45) is 0 Å². The zero-order chi connectivity index (χ0) is 38.5. The van der Waals surface area contributed by atoms with E-state index >= 15 is 0 Å². The Balaban J connectivity index is 1.33. The van der Waals surface area contributed by atoms with Crippen LogP contribution in [0.15, 0.2) is 129 Å². The van der Waals surface area contributed by atoms with Crippen LogP contribution >= 0.6 is 0 Å². The summed E-state index contributed by atoms with van der Waals surface area (Å²) in [4.78, 5) is 0.930. The molecule has 0 amide bonds. The monoisotopic (exact) mass is 778 g/mol. The maximum atomic E-state index is 14.3. The molecule has 2 aliphatic carbocycles. The molecule has 272 valence electrons. The number of sulfone groups is 1. The van der Waals surface area contributed by atoms with Gasteiger partial charge in [0, 0.05) is 33.4 Å². The molecular weight excluding hydrogens is 755 g/mol. The van der Waals surface area contributed by atoms with E-state index in [1.165, 1.54) is 13.0 Å². The van der Waals surface area contributed by atoms with Crippen molar-refractivity contribution >= 4 is 53.7 Å². The van der Waals surface area contributed by atoms with Crippen LogP contribution in [0.25, 0.3) is 33.1 Å². The highest BCUT2D eigenvalue weighted by molar-refractivity contribution is 7.96. The quantitative estimate of drug-likeness (QED) is 0.165. The van der Waals surface area contributed by atoms with E-state index < -0.39 is 44.1 Å². The zero-order valence-electron chi connectivity index (χ0n) is 28.7. The number of aryl methyl sites for hydroxylation is 2. The fourth-order valence-electron chi connectivity index (χ4n) is 8.62. The lowest BCUT2D eigenvalue weighted by molar-refractivity contribution is -0.138. The van der Waals surface area contributed by atoms with Gasteiger partial charge in [-0.3, -0.25) is 0 Å². The molecule has 0 radical (unpaired) electrons. The summed E-state index contributed by atoms with van der Waals surface area (Å²) in [6, 6.07) is 28.2. The van der Waals surface area contributed by atoms with Gasteiger partial charge in [-0.1, -0.05) is 48.5 Å². The number of benzene rings is 6. The predicted octanol–water partition coefficient (Wildman–Crippen LogP) is 9.35. The number of allylic oxidation sites excluding steroid dienone is 2. The first-order chi connectivity index (χ1) is 26.0. The molecule has 11 heteroatoms. The van der Waals surface area contributed by atoms with Crippen molar-refractivity contribution in [2.75, 3.05) is 0 Å². The first-order valence-corrected chi connectivity index (χ1v) is 19.8. The second-order valence-electron chi connectivity index (χ2n) is 14.2. The van der Waals surface area contributed by atoms with E-state index in [9.17, 15) is 39.0 Å². The summed E-state index contributed by atoms with van der Waals surface area (Å²) in [5.41, 5.74) is 3.16. The molecule has 10 rings (SSSR count). The maximum absolute atomic E-state index is 14.3. The second-order valence-corrected chi connectivity index (χ2v) is 17.5. The first kappa shape index (κ1) is 34.0. The number of hydrogen-bond donors (Lipinski definition) is 0. The number of alkyl halides is 6. The summed E-state index contributed by atoms with van der Waals surface area (Å²) in [5.74, 6) is 0. The minimum atomic E-state index is -4.68. The van der Waals surface area contributed by atoms with E-state index in [0.29, 0.717) is 81.1 Å². The molecule has 0 saturated heterocycles. The van der Waals surface area contributed by atoms with Crippen LogP contribution < -0.4 is 10.4 Å². The fraction of sp³-hybridized carbons (Fsp3) is 0.0909. The van der Waals surface area contributed by atoms with Crippen molar-refractivity contribution in [1.29, 1.82) is 0 Å². The van der Waals surface area contributed by atoms with Gasteiger partial charge < -0.3 is 0 Å². The standard InChI is InChI=1S/C44H24F6O3S2/c1-21-11-25(15-27(13-21)43(45,46)47)37-31-17-23-20-34-32(18-24(23)19-33(31)39-29-7-3-5-9-35(29)54(51)41(37)39)38(26-12-22(2)14-28(16-26)44(48,49)50)42-40(34)30-8-4-6-10-36(30)55(42,52)53/h3-20H,1-2H3.